The van der Waals surface area contributed by atoms with Gasteiger partial charge in [0.25, 0.3) is 0 Å². The van der Waals surface area contributed by atoms with Crippen LogP contribution in [0.1, 0.15) is 40.5 Å². The lowest BCUT2D eigenvalue weighted by molar-refractivity contribution is -0.122. The van der Waals surface area contributed by atoms with Crippen molar-refractivity contribution in [3.8, 4) is 0 Å². The molecule has 0 aromatic carbocycles. The van der Waals surface area contributed by atoms with Crippen LogP contribution in [0.4, 0.5) is 0 Å². The van der Waals surface area contributed by atoms with Gasteiger partial charge in [-0.15, -0.1) is 0 Å². The Morgan fingerprint density at radius 3 is 2.43 bits per heavy atom. The topological polar surface area (TPSA) is 41.1 Å². The fourth-order valence-electron chi connectivity index (χ4n) is 1.05. The van der Waals surface area contributed by atoms with Gasteiger partial charge in [0.15, 0.2) is 0 Å². The van der Waals surface area contributed by atoms with E-state index in [0.717, 1.165) is 25.9 Å². The van der Waals surface area contributed by atoms with E-state index in [9.17, 15) is 4.79 Å². The minimum absolute atomic E-state index is 0.0748. The van der Waals surface area contributed by atoms with Crippen molar-refractivity contribution in [3.63, 3.8) is 0 Å². The molecular weight excluding hydrogens is 176 g/mol. The molecule has 0 rings (SSSR count). The maximum atomic E-state index is 11.5. The highest BCUT2D eigenvalue weighted by Gasteiger charge is 2.10. The predicted octanol–water partition coefficient (Wildman–Crippen LogP) is 1.54. The summed E-state index contributed by atoms with van der Waals surface area (Å²) in [5.41, 5.74) is 0. The number of nitrogens with one attached hydrogen (secondary N) is 2. The van der Waals surface area contributed by atoms with Crippen LogP contribution in [0.2, 0.25) is 0 Å². The molecule has 1 atom stereocenters. The molecular formula is C11H24N2O. The molecule has 14 heavy (non-hydrogen) atoms. The van der Waals surface area contributed by atoms with Gasteiger partial charge in [-0.25, -0.2) is 0 Å². The molecule has 2 N–H and O–H groups in total. The summed E-state index contributed by atoms with van der Waals surface area (Å²) < 4.78 is 0. The minimum atomic E-state index is -0.0748. The Bertz CT molecular complexity index is 157. The zero-order valence-corrected chi connectivity index (χ0v) is 9.89. The number of unbranched alkanes of at least 4 members (excludes halogenated alkanes) is 1. The maximum Gasteiger partial charge on any atom is 0.236 e. The van der Waals surface area contributed by atoms with Gasteiger partial charge in [0.05, 0.1) is 6.04 Å². The van der Waals surface area contributed by atoms with Gasteiger partial charge in [0.2, 0.25) is 5.91 Å². The Labute approximate surface area is 87.6 Å². The van der Waals surface area contributed by atoms with E-state index in [4.69, 9.17) is 0 Å². The van der Waals surface area contributed by atoms with Crippen LogP contribution in [0, 0.1) is 5.92 Å². The lowest BCUT2D eigenvalue weighted by Gasteiger charge is -2.15. The Morgan fingerprint density at radius 1 is 1.29 bits per heavy atom. The molecule has 0 aromatic heterocycles. The molecule has 0 radical (unpaired) electrons. The molecule has 3 heteroatoms. The number of carbonyl (C=O) groups is 1. The van der Waals surface area contributed by atoms with E-state index in [1.807, 2.05) is 6.92 Å². The fraction of sp³-hybridized carbons (Fsp3) is 0.909. The molecule has 0 heterocycles. The third-order valence-electron chi connectivity index (χ3n) is 2.06. The molecule has 0 aliphatic rings. The monoisotopic (exact) mass is 200 g/mol. The van der Waals surface area contributed by atoms with E-state index in [2.05, 4.69) is 31.4 Å². The van der Waals surface area contributed by atoms with Gasteiger partial charge in [-0.2, -0.15) is 0 Å². The summed E-state index contributed by atoms with van der Waals surface area (Å²) in [6.45, 7) is 9.98. The van der Waals surface area contributed by atoms with Crippen molar-refractivity contribution in [3.05, 3.63) is 0 Å². The molecule has 0 aliphatic heterocycles. The quantitative estimate of drug-likeness (QED) is 0.612. The summed E-state index contributed by atoms with van der Waals surface area (Å²) in [5, 5.41) is 6.10. The van der Waals surface area contributed by atoms with Crippen LogP contribution in [0.3, 0.4) is 0 Å². The Hall–Kier alpha value is -0.570. The molecule has 0 bridgehead atoms. The molecule has 3 nitrogen and oxygen atoms in total. The van der Waals surface area contributed by atoms with Crippen LogP contribution in [-0.2, 0) is 4.79 Å². The first-order valence-corrected chi connectivity index (χ1v) is 5.59. The largest absolute Gasteiger partial charge is 0.355 e. The van der Waals surface area contributed by atoms with Gasteiger partial charge in [-0.1, -0.05) is 27.2 Å². The molecule has 0 spiro atoms. The first-order chi connectivity index (χ1) is 6.57. The summed E-state index contributed by atoms with van der Waals surface area (Å²) in [5.74, 6) is 0.694. The van der Waals surface area contributed by atoms with E-state index in [1.54, 1.807) is 0 Å². The number of hydrogen-bond donors (Lipinski definition) is 2. The summed E-state index contributed by atoms with van der Waals surface area (Å²) in [7, 11) is 0. The average Bonchev–Trinajstić information content (AvgIpc) is 2.14. The molecule has 1 unspecified atom stereocenters. The fourth-order valence-corrected chi connectivity index (χ4v) is 1.05. The van der Waals surface area contributed by atoms with Gasteiger partial charge in [-0.3, -0.25) is 4.79 Å². The third-order valence-corrected chi connectivity index (χ3v) is 2.06. The maximum absolute atomic E-state index is 11.5. The predicted molar refractivity (Wildman–Crippen MR) is 60.2 cm³/mol. The lowest BCUT2D eigenvalue weighted by Crippen LogP contribution is -2.43. The minimum Gasteiger partial charge on any atom is -0.355 e. The van der Waals surface area contributed by atoms with E-state index < -0.39 is 0 Å². The standard InChI is InChI=1S/C11H24N2O/c1-5-6-7-12-11(14)10(4)13-8-9(2)3/h9-10,13H,5-8H2,1-4H3,(H,12,14). The zero-order chi connectivity index (χ0) is 11.0. The molecule has 0 fully saturated rings. The second-order valence-corrected chi connectivity index (χ2v) is 4.17. The lowest BCUT2D eigenvalue weighted by atomic mass is 10.2. The number of amides is 1. The summed E-state index contributed by atoms with van der Waals surface area (Å²) in [6, 6.07) is -0.0748. The van der Waals surface area contributed by atoms with Gasteiger partial charge in [0, 0.05) is 6.54 Å². The molecule has 1 amide bonds. The zero-order valence-electron chi connectivity index (χ0n) is 9.89. The van der Waals surface area contributed by atoms with Crippen LogP contribution >= 0.6 is 0 Å². The van der Waals surface area contributed by atoms with E-state index in [0.29, 0.717) is 5.92 Å². The van der Waals surface area contributed by atoms with E-state index in [1.165, 1.54) is 0 Å². The van der Waals surface area contributed by atoms with Crippen molar-refractivity contribution >= 4 is 5.91 Å². The first-order valence-electron chi connectivity index (χ1n) is 5.59. The van der Waals surface area contributed by atoms with Crippen LogP contribution in [0.25, 0.3) is 0 Å². The average molecular weight is 200 g/mol. The van der Waals surface area contributed by atoms with Crippen LogP contribution in [-0.4, -0.2) is 25.0 Å². The summed E-state index contributed by atoms with van der Waals surface area (Å²) >= 11 is 0. The molecule has 0 saturated carbocycles. The normalized spacial score (nSPS) is 12.9. The summed E-state index contributed by atoms with van der Waals surface area (Å²) in [6.07, 6.45) is 2.18. The molecule has 0 aromatic rings. The number of hydrogen-bond acceptors (Lipinski definition) is 2. The smallest absolute Gasteiger partial charge is 0.236 e. The highest BCUT2D eigenvalue weighted by atomic mass is 16.2. The molecule has 0 aliphatic carbocycles. The van der Waals surface area contributed by atoms with Crippen molar-refractivity contribution in [2.24, 2.45) is 5.92 Å². The van der Waals surface area contributed by atoms with Gasteiger partial charge < -0.3 is 10.6 Å². The first kappa shape index (κ1) is 13.4. The molecule has 84 valence electrons. The van der Waals surface area contributed by atoms with Gasteiger partial charge in [0.1, 0.15) is 0 Å². The van der Waals surface area contributed by atoms with E-state index >= 15 is 0 Å². The van der Waals surface area contributed by atoms with Crippen LogP contribution in [0.5, 0.6) is 0 Å². The van der Waals surface area contributed by atoms with Crippen molar-refractivity contribution in [2.75, 3.05) is 13.1 Å². The highest BCUT2D eigenvalue weighted by molar-refractivity contribution is 5.81. The van der Waals surface area contributed by atoms with Crippen LogP contribution < -0.4 is 10.6 Å². The van der Waals surface area contributed by atoms with Crippen LogP contribution in [0.15, 0.2) is 0 Å². The second kappa shape index (κ2) is 7.80. The van der Waals surface area contributed by atoms with Crippen molar-refractivity contribution in [1.82, 2.24) is 10.6 Å². The van der Waals surface area contributed by atoms with Crippen molar-refractivity contribution in [2.45, 2.75) is 46.6 Å². The number of rotatable bonds is 7. The SMILES string of the molecule is CCCCNC(=O)C(C)NCC(C)C. The second-order valence-electron chi connectivity index (χ2n) is 4.17. The summed E-state index contributed by atoms with van der Waals surface area (Å²) in [4.78, 5) is 11.5. The van der Waals surface area contributed by atoms with Gasteiger partial charge in [-0.05, 0) is 25.8 Å². The third kappa shape index (κ3) is 6.89. The Kier molecular flexibility index (Phi) is 7.48. The number of carbonyl (C=O) groups excluding carboxylic acids is 1. The Balaban J connectivity index is 3.54. The Morgan fingerprint density at radius 2 is 1.93 bits per heavy atom. The van der Waals surface area contributed by atoms with Gasteiger partial charge >= 0.3 is 0 Å². The van der Waals surface area contributed by atoms with E-state index in [-0.39, 0.29) is 11.9 Å². The van der Waals surface area contributed by atoms with Crippen molar-refractivity contribution < 1.29 is 4.79 Å². The highest BCUT2D eigenvalue weighted by Crippen LogP contribution is 1.90. The molecule has 0 saturated heterocycles. The van der Waals surface area contributed by atoms with Crippen molar-refractivity contribution in [1.29, 1.82) is 0 Å².